The van der Waals surface area contributed by atoms with Crippen molar-refractivity contribution in [1.29, 1.82) is 0 Å². The van der Waals surface area contributed by atoms with Crippen molar-refractivity contribution in [2.75, 3.05) is 0 Å². The Bertz CT molecular complexity index is 496. The monoisotopic (exact) mass is 209 g/mol. The van der Waals surface area contributed by atoms with Crippen LogP contribution in [0.4, 0.5) is 0 Å². The summed E-state index contributed by atoms with van der Waals surface area (Å²) in [6.07, 6.45) is 0. The molecule has 6 heteroatoms. The second-order valence-corrected chi connectivity index (χ2v) is 3.59. The SMILES string of the molecule is O=[SH](=O)c1[nH]nnc1-c1ccccc1. The van der Waals surface area contributed by atoms with Gasteiger partial charge in [0.25, 0.3) is 0 Å². The first-order valence-corrected chi connectivity index (χ1v) is 5.07. The minimum Gasteiger partial charge on any atom is -0.247 e. The molecular weight excluding hydrogens is 202 g/mol. The highest BCUT2D eigenvalue weighted by molar-refractivity contribution is 7.72. The highest BCUT2D eigenvalue weighted by atomic mass is 32.2. The van der Waals surface area contributed by atoms with Crippen molar-refractivity contribution in [2.24, 2.45) is 0 Å². The molecule has 0 amide bonds. The molecule has 72 valence electrons. The van der Waals surface area contributed by atoms with Gasteiger partial charge in [0, 0.05) is 5.56 Å². The molecule has 2 aromatic rings. The van der Waals surface area contributed by atoms with Gasteiger partial charge in [0.15, 0.2) is 15.7 Å². The molecule has 0 aliphatic rings. The van der Waals surface area contributed by atoms with Crippen LogP contribution in [-0.4, -0.2) is 23.8 Å². The Kier molecular flexibility index (Phi) is 2.28. The van der Waals surface area contributed by atoms with E-state index in [1.165, 1.54) is 0 Å². The molecule has 0 spiro atoms. The number of hydrogen-bond donors (Lipinski definition) is 2. The Balaban J connectivity index is 2.58. The fourth-order valence-electron chi connectivity index (χ4n) is 1.14. The minimum absolute atomic E-state index is 0.0474. The predicted molar refractivity (Wildman–Crippen MR) is 50.4 cm³/mol. The predicted octanol–water partition coefficient (Wildman–Crippen LogP) is 0.442. The van der Waals surface area contributed by atoms with Gasteiger partial charge in [0.2, 0.25) is 0 Å². The zero-order valence-electron chi connectivity index (χ0n) is 7.04. The van der Waals surface area contributed by atoms with Crippen molar-refractivity contribution >= 4 is 10.7 Å². The lowest BCUT2D eigenvalue weighted by Gasteiger charge is -1.94. The van der Waals surface area contributed by atoms with Crippen molar-refractivity contribution in [3.05, 3.63) is 30.3 Å². The average Bonchev–Trinajstić information content (AvgIpc) is 2.67. The Morgan fingerprint density at radius 1 is 1.14 bits per heavy atom. The zero-order chi connectivity index (χ0) is 9.97. The van der Waals surface area contributed by atoms with Gasteiger partial charge in [-0.2, -0.15) is 0 Å². The van der Waals surface area contributed by atoms with E-state index in [0.29, 0.717) is 5.69 Å². The summed E-state index contributed by atoms with van der Waals surface area (Å²) in [5.41, 5.74) is 1.09. The molecule has 0 aliphatic carbocycles. The van der Waals surface area contributed by atoms with E-state index < -0.39 is 10.7 Å². The maximum atomic E-state index is 10.8. The molecule has 0 atom stereocenters. The maximum Gasteiger partial charge on any atom is 0.187 e. The Morgan fingerprint density at radius 3 is 2.50 bits per heavy atom. The molecule has 0 unspecified atom stereocenters. The van der Waals surface area contributed by atoms with Crippen LogP contribution in [0.25, 0.3) is 11.3 Å². The van der Waals surface area contributed by atoms with E-state index in [4.69, 9.17) is 0 Å². The van der Waals surface area contributed by atoms with E-state index in [1.54, 1.807) is 12.1 Å². The van der Waals surface area contributed by atoms with Gasteiger partial charge in [-0.25, -0.2) is 13.5 Å². The van der Waals surface area contributed by atoms with Crippen LogP contribution in [-0.2, 0) is 10.7 Å². The summed E-state index contributed by atoms with van der Waals surface area (Å²) in [4.78, 5) is 0. The van der Waals surface area contributed by atoms with Gasteiger partial charge in [0.1, 0.15) is 5.69 Å². The van der Waals surface area contributed by atoms with E-state index in [0.717, 1.165) is 5.56 Å². The van der Waals surface area contributed by atoms with Crippen LogP contribution in [0.5, 0.6) is 0 Å². The number of rotatable bonds is 2. The average molecular weight is 209 g/mol. The summed E-state index contributed by atoms with van der Waals surface area (Å²) in [7, 11) is -2.68. The third-order valence-corrected chi connectivity index (χ3v) is 2.44. The lowest BCUT2D eigenvalue weighted by molar-refractivity contribution is 0.611. The topological polar surface area (TPSA) is 75.7 Å². The number of H-pyrrole nitrogens is 1. The second-order valence-electron chi connectivity index (χ2n) is 2.63. The maximum absolute atomic E-state index is 10.8. The fourth-order valence-corrected chi connectivity index (χ4v) is 1.61. The molecule has 1 aromatic carbocycles. The number of aromatic amines is 1. The molecule has 2 rings (SSSR count). The lowest BCUT2D eigenvalue weighted by atomic mass is 10.2. The zero-order valence-corrected chi connectivity index (χ0v) is 7.94. The van der Waals surface area contributed by atoms with E-state index in [9.17, 15) is 8.42 Å². The molecule has 0 radical (unpaired) electrons. The van der Waals surface area contributed by atoms with Crippen LogP contribution in [0.1, 0.15) is 0 Å². The van der Waals surface area contributed by atoms with Gasteiger partial charge in [-0.05, 0) is 0 Å². The van der Waals surface area contributed by atoms with Crippen molar-refractivity contribution in [3.8, 4) is 11.3 Å². The highest BCUT2D eigenvalue weighted by Crippen LogP contribution is 2.19. The van der Waals surface area contributed by atoms with Gasteiger partial charge >= 0.3 is 0 Å². The third-order valence-electron chi connectivity index (χ3n) is 1.76. The number of nitrogens with one attached hydrogen (secondary N) is 1. The molecular formula is C8H7N3O2S. The third kappa shape index (κ3) is 1.51. The summed E-state index contributed by atoms with van der Waals surface area (Å²) in [5, 5.41) is 9.57. The summed E-state index contributed by atoms with van der Waals surface area (Å²) >= 11 is 0. The van der Waals surface area contributed by atoms with Crippen LogP contribution in [0, 0.1) is 0 Å². The van der Waals surface area contributed by atoms with E-state index in [-0.39, 0.29) is 5.03 Å². The van der Waals surface area contributed by atoms with E-state index >= 15 is 0 Å². The van der Waals surface area contributed by atoms with Gasteiger partial charge in [-0.15, -0.1) is 5.10 Å². The second kappa shape index (κ2) is 3.59. The van der Waals surface area contributed by atoms with Gasteiger partial charge < -0.3 is 0 Å². The fraction of sp³-hybridized carbons (Fsp3) is 0. The van der Waals surface area contributed by atoms with Crippen molar-refractivity contribution < 1.29 is 8.42 Å². The summed E-state index contributed by atoms with van der Waals surface area (Å²) in [6.45, 7) is 0. The molecule has 0 fully saturated rings. The van der Waals surface area contributed by atoms with Crippen molar-refractivity contribution in [2.45, 2.75) is 5.03 Å². The molecule has 0 bridgehead atoms. The van der Waals surface area contributed by atoms with Gasteiger partial charge in [-0.3, -0.25) is 0 Å². The molecule has 1 N–H and O–H groups in total. The standard InChI is InChI=1S/C8H7N3O2S/c12-14(13)8-7(9-11-10-8)6-4-2-1-3-5-6/h1-5,14H,(H,9,10,11). The molecule has 5 nitrogen and oxygen atoms in total. The van der Waals surface area contributed by atoms with E-state index in [2.05, 4.69) is 15.4 Å². The Labute approximate surface area is 81.7 Å². The summed E-state index contributed by atoms with van der Waals surface area (Å²) < 4.78 is 21.6. The lowest BCUT2D eigenvalue weighted by Crippen LogP contribution is -1.85. The van der Waals surface area contributed by atoms with Gasteiger partial charge in [-0.1, -0.05) is 35.5 Å². The van der Waals surface area contributed by atoms with Crippen molar-refractivity contribution in [1.82, 2.24) is 15.4 Å². The van der Waals surface area contributed by atoms with Crippen LogP contribution >= 0.6 is 0 Å². The highest BCUT2D eigenvalue weighted by Gasteiger charge is 2.10. The Hall–Kier alpha value is -1.69. The molecule has 0 aliphatic heterocycles. The first kappa shape index (κ1) is 8.89. The number of aromatic nitrogens is 3. The summed E-state index contributed by atoms with van der Waals surface area (Å²) in [6, 6.07) is 9.03. The van der Waals surface area contributed by atoms with E-state index in [1.807, 2.05) is 18.2 Å². The number of benzene rings is 1. The number of nitrogens with zero attached hydrogens (tertiary/aromatic N) is 2. The molecule has 1 aromatic heterocycles. The molecule has 14 heavy (non-hydrogen) atoms. The minimum atomic E-state index is -2.68. The molecule has 0 saturated carbocycles. The first-order valence-electron chi connectivity index (χ1n) is 3.90. The number of thiol groups is 1. The van der Waals surface area contributed by atoms with Crippen LogP contribution in [0.2, 0.25) is 0 Å². The summed E-state index contributed by atoms with van der Waals surface area (Å²) in [5.74, 6) is 0. The quantitative estimate of drug-likeness (QED) is 0.704. The normalized spacial score (nSPS) is 10.6. The smallest absolute Gasteiger partial charge is 0.187 e. The van der Waals surface area contributed by atoms with Crippen LogP contribution < -0.4 is 0 Å². The Morgan fingerprint density at radius 2 is 1.86 bits per heavy atom. The van der Waals surface area contributed by atoms with Crippen LogP contribution in [0.15, 0.2) is 35.4 Å². The van der Waals surface area contributed by atoms with Crippen LogP contribution in [0.3, 0.4) is 0 Å². The molecule has 1 heterocycles. The molecule has 0 saturated heterocycles. The van der Waals surface area contributed by atoms with Crippen molar-refractivity contribution in [3.63, 3.8) is 0 Å². The largest absolute Gasteiger partial charge is 0.247 e. The first-order chi connectivity index (χ1) is 6.79. The number of hydrogen-bond acceptors (Lipinski definition) is 4. The van der Waals surface area contributed by atoms with Gasteiger partial charge in [0.05, 0.1) is 0 Å².